The summed E-state index contributed by atoms with van der Waals surface area (Å²) in [4.78, 5) is 13.9. The van der Waals surface area contributed by atoms with Gasteiger partial charge < -0.3 is 10.0 Å². The standard InChI is InChI=1S/C17H19NO2/c1-13(16(19)14-9-5-3-6-10-14)18(2)17(20)15-11-7-4-8-12-15/h3-13,16,19H,1-2H3/t13-,16?/m1/s1. The Morgan fingerprint density at radius 1 is 1.00 bits per heavy atom. The average molecular weight is 269 g/mol. The summed E-state index contributed by atoms with van der Waals surface area (Å²) < 4.78 is 0. The summed E-state index contributed by atoms with van der Waals surface area (Å²) in [6, 6.07) is 18.2. The van der Waals surface area contributed by atoms with Crippen LogP contribution in [0, 0.1) is 0 Å². The number of amides is 1. The van der Waals surface area contributed by atoms with Gasteiger partial charge in [0.25, 0.3) is 5.91 Å². The first-order chi connectivity index (χ1) is 9.61. The van der Waals surface area contributed by atoms with Crippen LogP contribution in [0.25, 0.3) is 0 Å². The fraction of sp³-hybridized carbons (Fsp3) is 0.235. The Kier molecular flexibility index (Phi) is 4.53. The Hall–Kier alpha value is -2.13. The van der Waals surface area contributed by atoms with Crippen LogP contribution in [0.5, 0.6) is 0 Å². The molecule has 20 heavy (non-hydrogen) atoms. The fourth-order valence-corrected chi connectivity index (χ4v) is 2.11. The van der Waals surface area contributed by atoms with E-state index in [4.69, 9.17) is 0 Å². The number of hydrogen-bond donors (Lipinski definition) is 1. The van der Waals surface area contributed by atoms with E-state index in [1.807, 2.05) is 55.5 Å². The van der Waals surface area contributed by atoms with Crippen LogP contribution in [0.15, 0.2) is 60.7 Å². The maximum Gasteiger partial charge on any atom is 0.253 e. The molecular weight excluding hydrogens is 250 g/mol. The van der Waals surface area contributed by atoms with E-state index < -0.39 is 6.10 Å². The topological polar surface area (TPSA) is 40.5 Å². The smallest absolute Gasteiger partial charge is 0.253 e. The minimum atomic E-state index is -0.700. The molecular formula is C17H19NO2. The molecule has 1 amide bonds. The van der Waals surface area contributed by atoms with Crippen molar-refractivity contribution < 1.29 is 9.90 Å². The zero-order valence-electron chi connectivity index (χ0n) is 11.7. The van der Waals surface area contributed by atoms with Gasteiger partial charge >= 0.3 is 0 Å². The summed E-state index contributed by atoms with van der Waals surface area (Å²) in [7, 11) is 1.71. The Morgan fingerprint density at radius 2 is 1.50 bits per heavy atom. The van der Waals surface area contributed by atoms with Gasteiger partial charge in [0.05, 0.1) is 12.1 Å². The van der Waals surface area contributed by atoms with Gasteiger partial charge in [0.15, 0.2) is 0 Å². The second-order valence-corrected chi connectivity index (χ2v) is 4.88. The number of rotatable bonds is 4. The Morgan fingerprint density at radius 3 is 2.05 bits per heavy atom. The van der Waals surface area contributed by atoms with E-state index in [1.54, 1.807) is 24.1 Å². The third-order valence-electron chi connectivity index (χ3n) is 3.55. The quantitative estimate of drug-likeness (QED) is 0.927. The summed E-state index contributed by atoms with van der Waals surface area (Å²) in [5.41, 5.74) is 1.44. The van der Waals surface area contributed by atoms with E-state index in [0.717, 1.165) is 5.56 Å². The van der Waals surface area contributed by atoms with Crippen molar-refractivity contribution in [1.82, 2.24) is 4.90 Å². The number of aliphatic hydroxyl groups excluding tert-OH is 1. The molecule has 104 valence electrons. The SMILES string of the molecule is C[C@H](C(O)c1ccccc1)N(C)C(=O)c1ccccc1. The first-order valence-corrected chi connectivity index (χ1v) is 6.66. The summed E-state index contributed by atoms with van der Waals surface area (Å²) in [5.74, 6) is -0.0897. The molecule has 0 saturated heterocycles. The molecule has 0 aliphatic rings. The van der Waals surface area contributed by atoms with Crippen molar-refractivity contribution in [2.24, 2.45) is 0 Å². The third kappa shape index (κ3) is 3.06. The second-order valence-electron chi connectivity index (χ2n) is 4.88. The van der Waals surface area contributed by atoms with Crippen LogP contribution in [0.4, 0.5) is 0 Å². The maximum atomic E-state index is 12.3. The zero-order valence-corrected chi connectivity index (χ0v) is 11.7. The molecule has 2 aromatic carbocycles. The molecule has 0 saturated carbocycles. The summed E-state index contributed by atoms with van der Waals surface area (Å²) in [6.45, 7) is 1.85. The van der Waals surface area contributed by atoms with E-state index in [-0.39, 0.29) is 11.9 Å². The van der Waals surface area contributed by atoms with Crippen molar-refractivity contribution in [1.29, 1.82) is 0 Å². The minimum absolute atomic E-state index is 0.0897. The number of nitrogens with zero attached hydrogens (tertiary/aromatic N) is 1. The van der Waals surface area contributed by atoms with Crippen molar-refractivity contribution in [3.8, 4) is 0 Å². The van der Waals surface area contributed by atoms with Crippen LogP contribution >= 0.6 is 0 Å². The number of carbonyl (C=O) groups is 1. The molecule has 1 unspecified atom stereocenters. The van der Waals surface area contributed by atoms with E-state index in [1.165, 1.54) is 0 Å². The van der Waals surface area contributed by atoms with E-state index in [2.05, 4.69) is 0 Å². The predicted octanol–water partition coefficient (Wildman–Crippen LogP) is 2.88. The monoisotopic (exact) mass is 269 g/mol. The molecule has 0 aromatic heterocycles. The van der Waals surface area contributed by atoms with Crippen molar-refractivity contribution >= 4 is 5.91 Å². The van der Waals surface area contributed by atoms with Crippen LogP contribution in [0.3, 0.4) is 0 Å². The molecule has 3 nitrogen and oxygen atoms in total. The van der Waals surface area contributed by atoms with Crippen molar-refractivity contribution in [2.75, 3.05) is 7.05 Å². The molecule has 1 N–H and O–H groups in total. The molecule has 0 aliphatic carbocycles. The largest absolute Gasteiger partial charge is 0.386 e. The summed E-state index contributed by atoms with van der Waals surface area (Å²) in [5, 5.41) is 10.4. The normalized spacial score (nSPS) is 13.6. The maximum absolute atomic E-state index is 12.3. The molecule has 2 aromatic rings. The fourth-order valence-electron chi connectivity index (χ4n) is 2.11. The summed E-state index contributed by atoms with van der Waals surface area (Å²) >= 11 is 0. The van der Waals surface area contributed by atoms with Crippen LogP contribution in [-0.4, -0.2) is 29.0 Å². The van der Waals surface area contributed by atoms with Gasteiger partial charge in [-0.15, -0.1) is 0 Å². The van der Waals surface area contributed by atoms with Gasteiger partial charge in [0.2, 0.25) is 0 Å². The van der Waals surface area contributed by atoms with Crippen LogP contribution < -0.4 is 0 Å². The van der Waals surface area contributed by atoms with Gasteiger partial charge in [0, 0.05) is 12.6 Å². The lowest BCUT2D eigenvalue weighted by atomic mass is 10.0. The van der Waals surface area contributed by atoms with Gasteiger partial charge in [-0.25, -0.2) is 0 Å². The molecule has 2 rings (SSSR count). The molecule has 0 aliphatic heterocycles. The Labute approximate surface area is 119 Å². The molecule has 0 fully saturated rings. The molecule has 2 atom stereocenters. The Bertz CT molecular complexity index is 554. The molecule has 0 heterocycles. The van der Waals surface area contributed by atoms with E-state index in [0.29, 0.717) is 5.56 Å². The highest BCUT2D eigenvalue weighted by Gasteiger charge is 2.24. The second kappa shape index (κ2) is 6.35. The molecule has 0 radical (unpaired) electrons. The van der Waals surface area contributed by atoms with Gasteiger partial charge in [0.1, 0.15) is 0 Å². The van der Waals surface area contributed by atoms with Gasteiger partial charge in [-0.05, 0) is 24.6 Å². The number of benzene rings is 2. The van der Waals surface area contributed by atoms with Gasteiger partial charge in [-0.2, -0.15) is 0 Å². The van der Waals surface area contributed by atoms with Crippen molar-refractivity contribution in [3.05, 3.63) is 71.8 Å². The highest BCUT2D eigenvalue weighted by molar-refractivity contribution is 5.94. The molecule has 0 bridgehead atoms. The summed E-state index contributed by atoms with van der Waals surface area (Å²) in [6.07, 6.45) is -0.700. The average Bonchev–Trinajstić information content (AvgIpc) is 2.53. The first kappa shape index (κ1) is 14.3. The van der Waals surface area contributed by atoms with Crippen molar-refractivity contribution in [3.63, 3.8) is 0 Å². The lowest BCUT2D eigenvalue weighted by molar-refractivity contribution is 0.0487. The number of hydrogen-bond acceptors (Lipinski definition) is 2. The zero-order chi connectivity index (χ0) is 14.5. The first-order valence-electron chi connectivity index (χ1n) is 6.66. The highest BCUT2D eigenvalue weighted by Crippen LogP contribution is 2.21. The van der Waals surface area contributed by atoms with Crippen LogP contribution in [0.1, 0.15) is 28.9 Å². The number of aliphatic hydroxyl groups is 1. The minimum Gasteiger partial charge on any atom is -0.386 e. The van der Waals surface area contributed by atoms with Crippen molar-refractivity contribution in [2.45, 2.75) is 19.1 Å². The number of likely N-dealkylation sites (N-methyl/N-ethyl adjacent to an activating group) is 1. The predicted molar refractivity (Wildman–Crippen MR) is 79.4 cm³/mol. The van der Waals surface area contributed by atoms with E-state index in [9.17, 15) is 9.90 Å². The third-order valence-corrected chi connectivity index (χ3v) is 3.55. The van der Waals surface area contributed by atoms with Gasteiger partial charge in [-0.1, -0.05) is 48.5 Å². The lowest BCUT2D eigenvalue weighted by Crippen LogP contribution is -2.39. The van der Waals surface area contributed by atoms with E-state index >= 15 is 0 Å². The molecule has 0 spiro atoms. The number of carbonyl (C=O) groups excluding carboxylic acids is 1. The molecule has 3 heteroatoms. The highest BCUT2D eigenvalue weighted by atomic mass is 16.3. The van der Waals surface area contributed by atoms with Crippen LogP contribution in [-0.2, 0) is 0 Å². The van der Waals surface area contributed by atoms with Crippen LogP contribution in [0.2, 0.25) is 0 Å². The van der Waals surface area contributed by atoms with Gasteiger partial charge in [-0.3, -0.25) is 4.79 Å². The lowest BCUT2D eigenvalue weighted by Gasteiger charge is -2.29. The Balaban J connectivity index is 2.13.